The van der Waals surface area contributed by atoms with Gasteiger partial charge in [0.25, 0.3) is 0 Å². The lowest BCUT2D eigenvalue weighted by Gasteiger charge is -2.09. The van der Waals surface area contributed by atoms with E-state index >= 15 is 0 Å². The first-order valence-electron chi connectivity index (χ1n) is 4.84. The molecule has 0 aromatic heterocycles. The van der Waals surface area contributed by atoms with Crippen LogP contribution in [0.25, 0.3) is 0 Å². The van der Waals surface area contributed by atoms with Gasteiger partial charge < -0.3 is 10.6 Å². The van der Waals surface area contributed by atoms with Crippen LogP contribution in [-0.2, 0) is 4.79 Å². The largest absolute Gasteiger partial charge is 0.384 e. The lowest BCUT2D eigenvalue weighted by Crippen LogP contribution is -2.20. The van der Waals surface area contributed by atoms with Gasteiger partial charge in [-0.25, -0.2) is 0 Å². The first-order valence-corrected chi connectivity index (χ1v) is 5.22. The van der Waals surface area contributed by atoms with Crippen molar-refractivity contribution in [2.24, 2.45) is 0 Å². The van der Waals surface area contributed by atoms with Crippen LogP contribution in [0.15, 0.2) is 18.2 Å². The van der Waals surface area contributed by atoms with Crippen LogP contribution < -0.4 is 10.6 Å². The fourth-order valence-corrected chi connectivity index (χ4v) is 1.41. The van der Waals surface area contributed by atoms with E-state index in [9.17, 15) is 4.79 Å². The lowest BCUT2D eigenvalue weighted by molar-refractivity contribution is -0.120. The topological polar surface area (TPSA) is 41.1 Å². The van der Waals surface area contributed by atoms with Crippen molar-refractivity contribution in [3.05, 3.63) is 28.8 Å². The fraction of sp³-hybridized carbons (Fsp3) is 0.364. The Morgan fingerprint density at radius 3 is 2.87 bits per heavy atom. The highest BCUT2D eigenvalue weighted by molar-refractivity contribution is 6.31. The molecule has 0 saturated heterocycles. The molecule has 0 bridgehead atoms. The SMILES string of the molecule is CNC(=O)CCNc1cccc(Cl)c1C. The third kappa shape index (κ3) is 3.44. The molecule has 1 aromatic carbocycles. The lowest BCUT2D eigenvalue weighted by atomic mass is 10.2. The summed E-state index contributed by atoms with van der Waals surface area (Å²) in [5.41, 5.74) is 1.99. The summed E-state index contributed by atoms with van der Waals surface area (Å²) < 4.78 is 0. The van der Waals surface area contributed by atoms with Crippen molar-refractivity contribution >= 4 is 23.2 Å². The van der Waals surface area contributed by atoms with E-state index in [0.29, 0.717) is 13.0 Å². The zero-order valence-electron chi connectivity index (χ0n) is 8.93. The third-order valence-electron chi connectivity index (χ3n) is 2.21. The summed E-state index contributed by atoms with van der Waals surface area (Å²) in [6.45, 7) is 2.56. The Morgan fingerprint density at radius 2 is 2.20 bits per heavy atom. The smallest absolute Gasteiger partial charge is 0.221 e. The number of carbonyl (C=O) groups is 1. The maximum absolute atomic E-state index is 11.0. The molecule has 0 aliphatic rings. The summed E-state index contributed by atoms with van der Waals surface area (Å²) >= 11 is 5.96. The number of carbonyl (C=O) groups excluding carboxylic acids is 1. The van der Waals surface area contributed by atoms with Crippen molar-refractivity contribution in [2.75, 3.05) is 18.9 Å². The van der Waals surface area contributed by atoms with Crippen molar-refractivity contribution < 1.29 is 4.79 Å². The Morgan fingerprint density at radius 1 is 1.47 bits per heavy atom. The van der Waals surface area contributed by atoms with E-state index in [1.165, 1.54) is 0 Å². The Hall–Kier alpha value is -1.22. The molecule has 82 valence electrons. The minimum absolute atomic E-state index is 0.0298. The molecule has 0 aliphatic heterocycles. The molecule has 3 nitrogen and oxygen atoms in total. The van der Waals surface area contributed by atoms with Crippen LogP contribution in [-0.4, -0.2) is 19.5 Å². The van der Waals surface area contributed by atoms with Gasteiger partial charge in [0.1, 0.15) is 0 Å². The number of hydrogen-bond acceptors (Lipinski definition) is 2. The summed E-state index contributed by atoms with van der Waals surface area (Å²) in [7, 11) is 1.63. The van der Waals surface area contributed by atoms with Crippen LogP contribution in [0.2, 0.25) is 5.02 Å². The van der Waals surface area contributed by atoms with Crippen LogP contribution in [0.4, 0.5) is 5.69 Å². The van der Waals surface area contributed by atoms with E-state index in [1.54, 1.807) is 7.05 Å². The molecular formula is C11H15ClN2O. The van der Waals surface area contributed by atoms with Gasteiger partial charge in [-0.1, -0.05) is 17.7 Å². The van der Waals surface area contributed by atoms with E-state index in [-0.39, 0.29) is 5.91 Å². The number of anilines is 1. The number of hydrogen-bond donors (Lipinski definition) is 2. The predicted molar refractivity (Wildman–Crippen MR) is 63.4 cm³/mol. The molecule has 0 spiro atoms. The molecule has 1 amide bonds. The minimum atomic E-state index is 0.0298. The highest BCUT2D eigenvalue weighted by Crippen LogP contribution is 2.22. The average Bonchev–Trinajstić information content (AvgIpc) is 2.24. The third-order valence-corrected chi connectivity index (χ3v) is 2.62. The van der Waals surface area contributed by atoms with E-state index in [1.807, 2.05) is 25.1 Å². The zero-order chi connectivity index (χ0) is 11.3. The number of nitrogens with one attached hydrogen (secondary N) is 2. The molecule has 0 aliphatic carbocycles. The second-order valence-corrected chi connectivity index (χ2v) is 3.67. The Labute approximate surface area is 94.8 Å². The van der Waals surface area contributed by atoms with E-state index in [0.717, 1.165) is 16.3 Å². The quantitative estimate of drug-likeness (QED) is 0.827. The van der Waals surface area contributed by atoms with Gasteiger partial charge in [0.2, 0.25) is 5.91 Å². The molecule has 0 fully saturated rings. The Kier molecular flexibility index (Phi) is 4.43. The molecule has 0 saturated carbocycles. The standard InChI is InChI=1S/C11H15ClN2O/c1-8-9(12)4-3-5-10(8)14-7-6-11(15)13-2/h3-5,14H,6-7H2,1-2H3,(H,13,15). The van der Waals surface area contributed by atoms with Gasteiger partial charge in [0.05, 0.1) is 0 Å². The Bertz CT molecular complexity index is 352. The van der Waals surface area contributed by atoms with Crippen LogP contribution in [0.1, 0.15) is 12.0 Å². The van der Waals surface area contributed by atoms with Crippen molar-refractivity contribution in [3.63, 3.8) is 0 Å². The zero-order valence-corrected chi connectivity index (χ0v) is 9.69. The molecule has 1 rings (SSSR count). The van der Waals surface area contributed by atoms with Crippen molar-refractivity contribution in [2.45, 2.75) is 13.3 Å². The maximum atomic E-state index is 11.0. The molecular weight excluding hydrogens is 212 g/mol. The molecule has 4 heteroatoms. The molecule has 0 atom stereocenters. The first-order chi connectivity index (χ1) is 7.15. The van der Waals surface area contributed by atoms with Gasteiger partial charge in [-0.05, 0) is 24.6 Å². The van der Waals surface area contributed by atoms with Crippen LogP contribution in [0.3, 0.4) is 0 Å². The molecule has 15 heavy (non-hydrogen) atoms. The molecule has 0 heterocycles. The van der Waals surface area contributed by atoms with Gasteiger partial charge in [0.15, 0.2) is 0 Å². The van der Waals surface area contributed by atoms with Gasteiger partial charge >= 0.3 is 0 Å². The van der Waals surface area contributed by atoms with Crippen molar-refractivity contribution in [1.82, 2.24) is 5.32 Å². The molecule has 2 N–H and O–H groups in total. The van der Waals surface area contributed by atoms with Crippen molar-refractivity contribution in [3.8, 4) is 0 Å². The second-order valence-electron chi connectivity index (χ2n) is 3.26. The van der Waals surface area contributed by atoms with Crippen LogP contribution in [0, 0.1) is 6.92 Å². The molecule has 1 aromatic rings. The number of halogens is 1. The molecule has 0 unspecified atom stereocenters. The fourth-order valence-electron chi connectivity index (χ4n) is 1.23. The number of rotatable bonds is 4. The highest BCUT2D eigenvalue weighted by Gasteiger charge is 2.02. The average molecular weight is 227 g/mol. The van der Waals surface area contributed by atoms with Crippen molar-refractivity contribution in [1.29, 1.82) is 0 Å². The second kappa shape index (κ2) is 5.61. The number of benzene rings is 1. The summed E-state index contributed by atoms with van der Waals surface area (Å²) in [6.07, 6.45) is 0.461. The number of amides is 1. The monoisotopic (exact) mass is 226 g/mol. The van der Waals surface area contributed by atoms with E-state index in [2.05, 4.69) is 10.6 Å². The summed E-state index contributed by atoms with van der Waals surface area (Å²) in [5, 5.41) is 6.48. The minimum Gasteiger partial charge on any atom is -0.384 e. The normalized spacial score (nSPS) is 9.80. The maximum Gasteiger partial charge on any atom is 0.221 e. The highest BCUT2D eigenvalue weighted by atomic mass is 35.5. The first kappa shape index (κ1) is 11.9. The Balaban J connectivity index is 2.51. The summed E-state index contributed by atoms with van der Waals surface area (Å²) in [4.78, 5) is 11.0. The van der Waals surface area contributed by atoms with Gasteiger partial charge in [-0.15, -0.1) is 0 Å². The summed E-state index contributed by atoms with van der Waals surface area (Å²) in [6, 6.07) is 5.68. The van der Waals surface area contributed by atoms with E-state index in [4.69, 9.17) is 11.6 Å². The van der Waals surface area contributed by atoms with E-state index < -0.39 is 0 Å². The van der Waals surface area contributed by atoms with Gasteiger partial charge in [0, 0.05) is 30.7 Å². The summed E-state index contributed by atoms with van der Waals surface area (Å²) in [5.74, 6) is 0.0298. The molecule has 0 radical (unpaired) electrons. The van der Waals surface area contributed by atoms with Gasteiger partial charge in [-0.2, -0.15) is 0 Å². The van der Waals surface area contributed by atoms with Crippen LogP contribution in [0.5, 0.6) is 0 Å². The predicted octanol–water partition coefficient (Wildman–Crippen LogP) is 2.20. The van der Waals surface area contributed by atoms with Crippen LogP contribution >= 0.6 is 11.6 Å². The van der Waals surface area contributed by atoms with Gasteiger partial charge in [-0.3, -0.25) is 4.79 Å².